The summed E-state index contributed by atoms with van der Waals surface area (Å²) >= 11 is 1.57. The zero-order chi connectivity index (χ0) is 11.0. The summed E-state index contributed by atoms with van der Waals surface area (Å²) in [6.07, 6.45) is 0. The van der Waals surface area contributed by atoms with Crippen molar-refractivity contribution in [3.63, 3.8) is 0 Å². The average molecular weight is 235 g/mol. The van der Waals surface area contributed by atoms with Crippen LogP contribution in [0.3, 0.4) is 0 Å². The van der Waals surface area contributed by atoms with Crippen LogP contribution in [-0.2, 0) is 0 Å². The van der Waals surface area contributed by atoms with Gasteiger partial charge in [-0.25, -0.2) is 4.98 Å². The van der Waals surface area contributed by atoms with Crippen LogP contribution in [0.25, 0.3) is 10.2 Å². The predicted octanol–water partition coefficient (Wildman–Crippen LogP) is 1.41. The second-order valence-corrected chi connectivity index (χ2v) is 4.84. The number of thiazole rings is 1. The number of rotatable bonds is 1. The van der Waals surface area contributed by atoms with E-state index in [4.69, 9.17) is 0 Å². The quantitative estimate of drug-likeness (QED) is 0.784. The maximum Gasteiger partial charge on any atom is 0.186 e. The molecule has 1 aliphatic rings. The number of piperazine rings is 1. The lowest BCUT2D eigenvalue weighted by Crippen LogP contribution is -2.43. The molecule has 0 unspecified atom stereocenters. The van der Waals surface area contributed by atoms with Crippen molar-refractivity contribution < 1.29 is 5.11 Å². The highest BCUT2D eigenvalue weighted by molar-refractivity contribution is 7.22. The largest absolute Gasteiger partial charge is 0.506 e. The van der Waals surface area contributed by atoms with Crippen LogP contribution >= 0.6 is 11.3 Å². The minimum absolute atomic E-state index is 0.330. The van der Waals surface area contributed by atoms with Crippen LogP contribution in [0.15, 0.2) is 18.2 Å². The summed E-state index contributed by atoms with van der Waals surface area (Å²) in [6, 6.07) is 5.48. The first kappa shape index (κ1) is 9.86. The molecule has 0 bridgehead atoms. The maximum absolute atomic E-state index is 9.72. The van der Waals surface area contributed by atoms with E-state index in [2.05, 4.69) is 15.2 Å². The number of aromatic hydroxyl groups is 1. The van der Waals surface area contributed by atoms with Crippen molar-refractivity contribution in [2.45, 2.75) is 0 Å². The molecular weight excluding hydrogens is 222 g/mol. The minimum atomic E-state index is 0.330. The van der Waals surface area contributed by atoms with Gasteiger partial charge in [-0.1, -0.05) is 17.4 Å². The third-order valence-corrected chi connectivity index (χ3v) is 3.92. The molecule has 84 valence electrons. The second kappa shape index (κ2) is 3.92. The van der Waals surface area contributed by atoms with Crippen molar-refractivity contribution in [2.24, 2.45) is 0 Å². The summed E-state index contributed by atoms with van der Waals surface area (Å²) < 4.78 is 0.885. The van der Waals surface area contributed by atoms with Crippen LogP contribution in [0.5, 0.6) is 5.75 Å². The number of phenols is 1. The Hall–Kier alpha value is -1.33. The summed E-state index contributed by atoms with van der Waals surface area (Å²) in [5, 5.41) is 14.0. The summed E-state index contributed by atoms with van der Waals surface area (Å²) in [6.45, 7) is 3.98. The number of phenolic OH excluding ortho intramolecular Hbond substituents is 1. The van der Waals surface area contributed by atoms with Crippen LogP contribution in [0.2, 0.25) is 0 Å². The molecule has 0 saturated carbocycles. The normalized spacial score (nSPS) is 16.9. The molecule has 0 aliphatic carbocycles. The maximum atomic E-state index is 9.72. The van der Waals surface area contributed by atoms with Crippen LogP contribution in [0.1, 0.15) is 0 Å². The monoisotopic (exact) mass is 235 g/mol. The highest BCUT2D eigenvalue weighted by atomic mass is 32.1. The van der Waals surface area contributed by atoms with Crippen molar-refractivity contribution in [2.75, 3.05) is 31.1 Å². The molecular formula is C11H13N3OS. The Morgan fingerprint density at radius 3 is 2.88 bits per heavy atom. The number of benzene rings is 1. The molecule has 1 aromatic heterocycles. The number of nitrogens with zero attached hydrogens (tertiary/aromatic N) is 2. The Balaban J connectivity index is 2.01. The Morgan fingerprint density at radius 1 is 1.31 bits per heavy atom. The van der Waals surface area contributed by atoms with Gasteiger partial charge in [0.2, 0.25) is 0 Å². The van der Waals surface area contributed by atoms with Gasteiger partial charge in [0.1, 0.15) is 5.75 Å². The Kier molecular flexibility index (Phi) is 2.41. The molecule has 0 radical (unpaired) electrons. The van der Waals surface area contributed by atoms with E-state index in [1.54, 1.807) is 17.4 Å². The van der Waals surface area contributed by atoms with Gasteiger partial charge in [0, 0.05) is 26.2 Å². The van der Waals surface area contributed by atoms with E-state index in [1.807, 2.05) is 12.1 Å². The van der Waals surface area contributed by atoms with Gasteiger partial charge in [-0.2, -0.15) is 0 Å². The molecule has 0 atom stereocenters. The van der Waals surface area contributed by atoms with Crippen LogP contribution in [0.4, 0.5) is 5.13 Å². The molecule has 1 fully saturated rings. The topological polar surface area (TPSA) is 48.4 Å². The van der Waals surface area contributed by atoms with Crippen LogP contribution in [-0.4, -0.2) is 36.3 Å². The van der Waals surface area contributed by atoms with Crippen molar-refractivity contribution in [3.8, 4) is 5.75 Å². The predicted molar refractivity (Wildman–Crippen MR) is 66.4 cm³/mol. The fourth-order valence-electron chi connectivity index (χ4n) is 1.91. The first-order valence-electron chi connectivity index (χ1n) is 5.39. The van der Waals surface area contributed by atoms with E-state index >= 15 is 0 Å². The van der Waals surface area contributed by atoms with E-state index in [0.29, 0.717) is 5.75 Å². The molecule has 16 heavy (non-hydrogen) atoms. The fourth-order valence-corrected chi connectivity index (χ4v) is 2.94. The zero-order valence-corrected chi connectivity index (χ0v) is 9.63. The molecule has 0 spiro atoms. The van der Waals surface area contributed by atoms with Gasteiger partial charge in [0.05, 0.1) is 10.2 Å². The molecule has 4 nitrogen and oxygen atoms in total. The third kappa shape index (κ3) is 1.62. The second-order valence-electron chi connectivity index (χ2n) is 3.86. The van der Waals surface area contributed by atoms with Gasteiger partial charge >= 0.3 is 0 Å². The number of aromatic nitrogens is 1. The van der Waals surface area contributed by atoms with Crippen LogP contribution in [0, 0.1) is 0 Å². The lowest BCUT2D eigenvalue weighted by molar-refractivity contribution is 0.482. The lowest BCUT2D eigenvalue weighted by atomic mass is 10.3. The van der Waals surface area contributed by atoms with E-state index in [0.717, 1.165) is 41.5 Å². The van der Waals surface area contributed by atoms with Gasteiger partial charge in [0.15, 0.2) is 5.13 Å². The third-order valence-electron chi connectivity index (χ3n) is 2.77. The molecule has 3 rings (SSSR count). The van der Waals surface area contributed by atoms with Crippen molar-refractivity contribution in [3.05, 3.63) is 18.2 Å². The van der Waals surface area contributed by atoms with Gasteiger partial charge in [-0.15, -0.1) is 0 Å². The molecule has 2 aromatic rings. The average Bonchev–Trinajstić information content (AvgIpc) is 2.76. The Bertz CT molecular complexity index is 505. The highest BCUT2D eigenvalue weighted by Crippen LogP contribution is 2.34. The number of hydrogen-bond donors (Lipinski definition) is 2. The van der Waals surface area contributed by atoms with Gasteiger partial charge < -0.3 is 15.3 Å². The highest BCUT2D eigenvalue weighted by Gasteiger charge is 2.15. The summed E-state index contributed by atoms with van der Waals surface area (Å²) in [4.78, 5) is 6.82. The molecule has 2 heterocycles. The number of nitrogens with one attached hydrogen (secondary N) is 1. The fraction of sp³-hybridized carbons (Fsp3) is 0.364. The first-order valence-corrected chi connectivity index (χ1v) is 6.20. The van der Waals surface area contributed by atoms with E-state index < -0.39 is 0 Å². The summed E-state index contributed by atoms with van der Waals surface area (Å²) in [5.41, 5.74) is 0.888. The SMILES string of the molecule is Oc1cccc2nc(N3CCNCC3)sc12. The summed E-state index contributed by atoms with van der Waals surface area (Å²) in [7, 11) is 0. The van der Waals surface area contributed by atoms with E-state index in [1.165, 1.54) is 0 Å². The Morgan fingerprint density at radius 2 is 2.12 bits per heavy atom. The van der Waals surface area contributed by atoms with Crippen molar-refractivity contribution in [1.29, 1.82) is 0 Å². The molecule has 1 aliphatic heterocycles. The number of hydrogen-bond acceptors (Lipinski definition) is 5. The standard InChI is InChI=1S/C11H13N3OS/c15-9-3-1-2-8-10(9)16-11(13-8)14-6-4-12-5-7-14/h1-3,12,15H,4-7H2. The number of fused-ring (bicyclic) bond motifs is 1. The first-order chi connectivity index (χ1) is 7.84. The smallest absolute Gasteiger partial charge is 0.186 e. The zero-order valence-electron chi connectivity index (χ0n) is 8.81. The summed E-state index contributed by atoms with van der Waals surface area (Å²) in [5.74, 6) is 0.330. The van der Waals surface area contributed by atoms with Gasteiger partial charge in [-0.05, 0) is 12.1 Å². The molecule has 2 N–H and O–H groups in total. The van der Waals surface area contributed by atoms with Gasteiger partial charge in [-0.3, -0.25) is 0 Å². The minimum Gasteiger partial charge on any atom is -0.506 e. The van der Waals surface area contributed by atoms with Gasteiger partial charge in [0.25, 0.3) is 0 Å². The lowest BCUT2D eigenvalue weighted by Gasteiger charge is -2.26. The Labute approximate surface area is 97.5 Å². The van der Waals surface area contributed by atoms with E-state index in [-0.39, 0.29) is 0 Å². The molecule has 5 heteroatoms. The van der Waals surface area contributed by atoms with E-state index in [9.17, 15) is 5.11 Å². The number of anilines is 1. The molecule has 1 saturated heterocycles. The molecule has 1 aromatic carbocycles. The molecule has 0 amide bonds. The van der Waals surface area contributed by atoms with Crippen LogP contribution < -0.4 is 10.2 Å². The van der Waals surface area contributed by atoms with Crippen molar-refractivity contribution >= 4 is 26.7 Å². The van der Waals surface area contributed by atoms with Crippen molar-refractivity contribution in [1.82, 2.24) is 10.3 Å².